The highest BCUT2D eigenvalue weighted by molar-refractivity contribution is 9.11. The van der Waals surface area contributed by atoms with Gasteiger partial charge in [0.2, 0.25) is 0 Å². The number of alkyl halides is 2. The zero-order valence-corrected chi connectivity index (χ0v) is 12.5. The van der Waals surface area contributed by atoms with Gasteiger partial charge >= 0.3 is 6.61 Å². The number of rotatable bonds is 4. The predicted octanol–water partition coefficient (Wildman–Crippen LogP) is 4.85. The summed E-state index contributed by atoms with van der Waals surface area (Å²) in [4.78, 5) is 0.666. The minimum absolute atomic E-state index is 0.0522. The molecule has 0 aliphatic carbocycles. The molecule has 1 atom stereocenters. The molecular formula is C12H8BrClF2O2S. The second-order valence-electron chi connectivity index (χ2n) is 3.62. The molecule has 1 N–H and O–H groups in total. The molecule has 0 saturated heterocycles. The van der Waals surface area contributed by atoms with E-state index in [1.807, 2.05) is 0 Å². The lowest BCUT2D eigenvalue weighted by Crippen LogP contribution is -2.02. The summed E-state index contributed by atoms with van der Waals surface area (Å²) < 4.78 is 29.0. The van der Waals surface area contributed by atoms with Gasteiger partial charge in [-0.25, -0.2) is 0 Å². The van der Waals surface area contributed by atoms with Crippen LogP contribution in [0.1, 0.15) is 16.5 Å². The van der Waals surface area contributed by atoms with Gasteiger partial charge in [0.15, 0.2) is 0 Å². The van der Waals surface area contributed by atoms with Gasteiger partial charge < -0.3 is 9.84 Å². The molecule has 1 unspecified atom stereocenters. The van der Waals surface area contributed by atoms with Crippen LogP contribution in [0.2, 0.25) is 5.02 Å². The average molecular weight is 370 g/mol. The van der Waals surface area contributed by atoms with E-state index in [2.05, 4.69) is 20.7 Å². The molecule has 2 aromatic rings. The fourth-order valence-corrected chi connectivity index (χ4v) is 3.25. The molecular weight excluding hydrogens is 362 g/mol. The van der Waals surface area contributed by atoms with Crippen LogP contribution in [0.25, 0.3) is 0 Å². The lowest BCUT2D eigenvalue weighted by Gasteiger charge is -2.10. The molecule has 102 valence electrons. The van der Waals surface area contributed by atoms with E-state index in [9.17, 15) is 13.9 Å². The minimum Gasteiger partial charge on any atom is -0.435 e. The number of benzene rings is 1. The van der Waals surface area contributed by atoms with Crippen molar-refractivity contribution in [2.45, 2.75) is 12.7 Å². The molecule has 0 spiro atoms. The molecule has 1 heterocycles. The van der Waals surface area contributed by atoms with Crippen molar-refractivity contribution in [1.29, 1.82) is 0 Å². The monoisotopic (exact) mass is 368 g/mol. The maximum atomic E-state index is 12.0. The third-order valence-electron chi connectivity index (χ3n) is 2.35. The van der Waals surface area contributed by atoms with Crippen molar-refractivity contribution in [2.24, 2.45) is 0 Å². The Balaban J connectivity index is 2.17. The van der Waals surface area contributed by atoms with Crippen LogP contribution >= 0.6 is 38.9 Å². The Morgan fingerprint density at radius 2 is 1.89 bits per heavy atom. The van der Waals surface area contributed by atoms with Crippen LogP contribution in [0.15, 0.2) is 34.1 Å². The van der Waals surface area contributed by atoms with Crippen molar-refractivity contribution in [3.05, 3.63) is 49.6 Å². The summed E-state index contributed by atoms with van der Waals surface area (Å²) in [5, 5.41) is 10.7. The fraction of sp³-hybridized carbons (Fsp3) is 0.167. The van der Waals surface area contributed by atoms with E-state index in [4.69, 9.17) is 11.6 Å². The van der Waals surface area contributed by atoms with Crippen LogP contribution in [0, 0.1) is 0 Å². The van der Waals surface area contributed by atoms with E-state index >= 15 is 0 Å². The molecule has 19 heavy (non-hydrogen) atoms. The van der Waals surface area contributed by atoms with E-state index in [0.29, 0.717) is 15.5 Å². The fourth-order valence-electron chi connectivity index (χ4n) is 1.49. The highest BCUT2D eigenvalue weighted by Crippen LogP contribution is 2.37. The molecule has 0 amide bonds. The Kier molecular flexibility index (Phi) is 4.78. The van der Waals surface area contributed by atoms with Gasteiger partial charge in [-0.05, 0) is 39.7 Å². The molecule has 2 rings (SSSR count). The Morgan fingerprint density at radius 3 is 2.37 bits per heavy atom. The molecule has 0 aliphatic heterocycles. The van der Waals surface area contributed by atoms with Crippen LogP contribution in [-0.2, 0) is 0 Å². The standard InChI is InChI=1S/C12H8BrClF2O2S/c13-11-8(14)5-9(19-11)10(17)6-1-3-7(4-2-6)18-12(15)16/h1-5,10,12,17H. The van der Waals surface area contributed by atoms with E-state index < -0.39 is 12.7 Å². The van der Waals surface area contributed by atoms with Crippen molar-refractivity contribution < 1.29 is 18.6 Å². The summed E-state index contributed by atoms with van der Waals surface area (Å²) >= 11 is 10.5. The van der Waals surface area contributed by atoms with Crippen LogP contribution in [0.5, 0.6) is 5.75 Å². The van der Waals surface area contributed by atoms with E-state index in [1.54, 1.807) is 6.07 Å². The van der Waals surface area contributed by atoms with Crippen LogP contribution in [0.3, 0.4) is 0 Å². The third-order valence-corrected chi connectivity index (χ3v) is 4.88. The first-order valence-electron chi connectivity index (χ1n) is 5.15. The van der Waals surface area contributed by atoms with Crippen LogP contribution < -0.4 is 4.74 Å². The number of aliphatic hydroxyl groups excluding tert-OH is 1. The lowest BCUT2D eigenvalue weighted by atomic mass is 10.1. The summed E-state index contributed by atoms with van der Waals surface area (Å²) in [6.07, 6.45) is -0.852. The largest absolute Gasteiger partial charge is 0.435 e. The Morgan fingerprint density at radius 1 is 1.26 bits per heavy atom. The lowest BCUT2D eigenvalue weighted by molar-refractivity contribution is -0.0498. The van der Waals surface area contributed by atoms with Gasteiger partial charge in [0.25, 0.3) is 0 Å². The average Bonchev–Trinajstić information content (AvgIpc) is 2.69. The molecule has 0 saturated carbocycles. The van der Waals surface area contributed by atoms with Crippen molar-refractivity contribution in [1.82, 2.24) is 0 Å². The number of hydrogen-bond donors (Lipinski definition) is 1. The van der Waals surface area contributed by atoms with Crippen molar-refractivity contribution in [3.63, 3.8) is 0 Å². The summed E-state index contributed by atoms with van der Waals surface area (Å²) in [7, 11) is 0. The zero-order chi connectivity index (χ0) is 14.0. The van der Waals surface area contributed by atoms with Crippen LogP contribution in [-0.4, -0.2) is 11.7 Å². The minimum atomic E-state index is -2.86. The van der Waals surface area contributed by atoms with Crippen LogP contribution in [0.4, 0.5) is 8.78 Å². The molecule has 0 aliphatic rings. The highest BCUT2D eigenvalue weighted by atomic mass is 79.9. The number of ether oxygens (including phenoxy) is 1. The first-order chi connectivity index (χ1) is 8.97. The SMILES string of the molecule is OC(c1ccc(OC(F)F)cc1)c1cc(Cl)c(Br)s1. The Bertz CT molecular complexity index is 540. The van der Waals surface area contributed by atoms with Crippen molar-refractivity contribution >= 4 is 38.9 Å². The molecule has 7 heteroatoms. The number of hydrogen-bond acceptors (Lipinski definition) is 3. The second-order valence-corrected chi connectivity index (χ2v) is 6.43. The molecule has 2 nitrogen and oxygen atoms in total. The summed E-state index contributed by atoms with van der Waals surface area (Å²) in [6.45, 7) is -2.86. The normalized spacial score (nSPS) is 12.7. The summed E-state index contributed by atoms with van der Waals surface area (Å²) in [5.74, 6) is 0.0522. The first-order valence-corrected chi connectivity index (χ1v) is 7.13. The molecule has 0 radical (unpaired) electrons. The number of halogens is 4. The topological polar surface area (TPSA) is 29.5 Å². The van der Waals surface area contributed by atoms with Gasteiger partial charge in [-0.3, -0.25) is 0 Å². The maximum absolute atomic E-state index is 12.0. The Hall–Kier alpha value is -0.690. The van der Waals surface area contributed by atoms with Gasteiger partial charge in [0.1, 0.15) is 11.9 Å². The van der Waals surface area contributed by atoms with Gasteiger partial charge in [-0.1, -0.05) is 23.7 Å². The zero-order valence-electron chi connectivity index (χ0n) is 9.32. The second kappa shape index (κ2) is 6.17. The maximum Gasteiger partial charge on any atom is 0.387 e. The van der Waals surface area contributed by atoms with Crippen molar-refractivity contribution in [3.8, 4) is 5.75 Å². The molecule has 0 bridgehead atoms. The van der Waals surface area contributed by atoms with E-state index in [1.165, 1.54) is 35.6 Å². The third kappa shape index (κ3) is 3.66. The van der Waals surface area contributed by atoms with Gasteiger partial charge in [-0.15, -0.1) is 11.3 Å². The molecule has 1 aromatic carbocycles. The highest BCUT2D eigenvalue weighted by Gasteiger charge is 2.15. The molecule has 0 fully saturated rings. The van der Waals surface area contributed by atoms with Gasteiger partial charge in [0.05, 0.1) is 8.81 Å². The molecule has 1 aromatic heterocycles. The number of thiophene rings is 1. The van der Waals surface area contributed by atoms with E-state index in [0.717, 1.165) is 3.79 Å². The summed E-state index contributed by atoms with van der Waals surface area (Å²) in [6, 6.07) is 7.49. The van der Waals surface area contributed by atoms with Crippen molar-refractivity contribution in [2.75, 3.05) is 0 Å². The quantitative estimate of drug-likeness (QED) is 0.835. The Labute approximate surface area is 125 Å². The van der Waals surface area contributed by atoms with E-state index in [-0.39, 0.29) is 5.75 Å². The first kappa shape index (κ1) is 14.7. The van der Waals surface area contributed by atoms with Gasteiger partial charge in [0, 0.05) is 4.88 Å². The summed E-state index contributed by atoms with van der Waals surface area (Å²) in [5.41, 5.74) is 0.576. The smallest absolute Gasteiger partial charge is 0.387 e. The number of aliphatic hydroxyl groups is 1. The predicted molar refractivity (Wildman–Crippen MR) is 74.2 cm³/mol. The van der Waals surface area contributed by atoms with Gasteiger partial charge in [-0.2, -0.15) is 8.78 Å².